The summed E-state index contributed by atoms with van der Waals surface area (Å²) in [7, 11) is 0. The maximum Gasteiger partial charge on any atom is 0.253 e. The summed E-state index contributed by atoms with van der Waals surface area (Å²) >= 11 is 0. The number of piperidine rings is 1. The van der Waals surface area contributed by atoms with Gasteiger partial charge in [-0.1, -0.05) is 36.4 Å². The predicted molar refractivity (Wildman–Crippen MR) is 110 cm³/mol. The number of aliphatic hydroxyl groups excluding tert-OH is 1. The first-order chi connectivity index (χ1) is 13.6. The number of likely N-dealkylation sites (tertiary alicyclic amines) is 1. The molecule has 2 aliphatic heterocycles. The normalized spacial score (nSPS) is 20.1. The quantitative estimate of drug-likeness (QED) is 0.858. The van der Waals surface area contributed by atoms with Gasteiger partial charge in [0.25, 0.3) is 5.91 Å². The van der Waals surface area contributed by atoms with Crippen molar-refractivity contribution in [3.05, 3.63) is 59.7 Å². The molecule has 0 aromatic heterocycles. The van der Waals surface area contributed by atoms with Gasteiger partial charge in [0.05, 0.1) is 6.10 Å². The Morgan fingerprint density at radius 2 is 1.61 bits per heavy atom. The predicted octanol–water partition coefficient (Wildman–Crippen LogP) is 4.44. The number of benzene rings is 2. The van der Waals surface area contributed by atoms with Crippen LogP contribution in [0.3, 0.4) is 0 Å². The summed E-state index contributed by atoms with van der Waals surface area (Å²) in [4.78, 5) is 15.1. The van der Waals surface area contributed by atoms with Crippen molar-refractivity contribution in [3.63, 3.8) is 0 Å². The van der Waals surface area contributed by atoms with Crippen LogP contribution in [-0.4, -0.2) is 42.2 Å². The molecule has 2 aromatic carbocycles. The second kappa shape index (κ2) is 8.06. The summed E-state index contributed by atoms with van der Waals surface area (Å²) in [6.45, 7) is 5.12. The van der Waals surface area contributed by atoms with E-state index in [1.807, 2.05) is 53.4 Å². The SMILES string of the molecule is CC(O)c1ccc(-c2ccc(C(=O)N3CCCC4(CCOCC4)C3)cc2)cc1. The Kier molecular flexibility index (Phi) is 5.51. The minimum atomic E-state index is -0.461. The molecule has 1 spiro atoms. The molecule has 4 rings (SSSR count). The number of ether oxygens (including phenoxy) is 1. The molecule has 1 amide bonds. The van der Waals surface area contributed by atoms with E-state index in [-0.39, 0.29) is 11.3 Å². The fraction of sp³-hybridized carbons (Fsp3) is 0.458. The van der Waals surface area contributed by atoms with E-state index in [1.165, 1.54) is 6.42 Å². The second-order valence-corrected chi connectivity index (χ2v) is 8.32. The third-order valence-electron chi connectivity index (χ3n) is 6.36. The van der Waals surface area contributed by atoms with E-state index in [2.05, 4.69) is 0 Å². The zero-order valence-corrected chi connectivity index (χ0v) is 16.6. The van der Waals surface area contributed by atoms with Gasteiger partial charge in [0, 0.05) is 31.9 Å². The van der Waals surface area contributed by atoms with E-state index in [0.717, 1.165) is 67.8 Å². The van der Waals surface area contributed by atoms with Crippen LogP contribution in [0.4, 0.5) is 0 Å². The molecule has 28 heavy (non-hydrogen) atoms. The summed E-state index contributed by atoms with van der Waals surface area (Å²) in [5.74, 6) is 0.140. The number of hydrogen-bond acceptors (Lipinski definition) is 3. The molecule has 2 aliphatic rings. The first-order valence-corrected chi connectivity index (χ1v) is 10.3. The first-order valence-electron chi connectivity index (χ1n) is 10.3. The monoisotopic (exact) mass is 379 g/mol. The molecule has 0 saturated carbocycles. The van der Waals surface area contributed by atoms with Crippen molar-refractivity contribution in [2.24, 2.45) is 5.41 Å². The van der Waals surface area contributed by atoms with E-state index in [4.69, 9.17) is 4.74 Å². The molecule has 2 fully saturated rings. The Hall–Kier alpha value is -2.17. The van der Waals surface area contributed by atoms with Crippen LogP contribution < -0.4 is 0 Å². The highest BCUT2D eigenvalue weighted by atomic mass is 16.5. The molecule has 0 radical (unpaired) electrons. The largest absolute Gasteiger partial charge is 0.389 e. The van der Waals surface area contributed by atoms with E-state index < -0.39 is 6.10 Å². The first kappa shape index (κ1) is 19.2. The molecule has 0 bridgehead atoms. The standard InChI is InChI=1S/C24H29NO3/c1-18(26)19-3-5-20(6-4-19)21-7-9-22(10-8-21)23(27)25-14-2-11-24(17-25)12-15-28-16-13-24/h3-10,18,26H,2,11-17H2,1H3. The van der Waals surface area contributed by atoms with Crippen LogP contribution in [0.5, 0.6) is 0 Å². The van der Waals surface area contributed by atoms with Crippen molar-refractivity contribution >= 4 is 5.91 Å². The van der Waals surface area contributed by atoms with Gasteiger partial charge in [0.2, 0.25) is 0 Å². The van der Waals surface area contributed by atoms with E-state index in [1.54, 1.807) is 6.92 Å². The Morgan fingerprint density at radius 3 is 2.21 bits per heavy atom. The van der Waals surface area contributed by atoms with Crippen LogP contribution in [-0.2, 0) is 4.74 Å². The number of rotatable bonds is 3. The van der Waals surface area contributed by atoms with Gasteiger partial charge in [-0.15, -0.1) is 0 Å². The highest BCUT2D eigenvalue weighted by Gasteiger charge is 2.38. The zero-order valence-electron chi connectivity index (χ0n) is 16.6. The number of nitrogens with zero attached hydrogens (tertiary/aromatic N) is 1. The van der Waals surface area contributed by atoms with E-state index in [0.29, 0.717) is 0 Å². The van der Waals surface area contributed by atoms with Gasteiger partial charge < -0.3 is 14.7 Å². The average Bonchev–Trinajstić information content (AvgIpc) is 2.74. The molecule has 0 aliphatic carbocycles. The number of aliphatic hydroxyl groups is 1. The van der Waals surface area contributed by atoms with Gasteiger partial charge >= 0.3 is 0 Å². The van der Waals surface area contributed by atoms with Crippen molar-refractivity contribution in [1.29, 1.82) is 0 Å². The van der Waals surface area contributed by atoms with Crippen molar-refractivity contribution in [2.75, 3.05) is 26.3 Å². The smallest absolute Gasteiger partial charge is 0.253 e. The van der Waals surface area contributed by atoms with Gasteiger partial charge in [0.1, 0.15) is 0 Å². The molecular weight excluding hydrogens is 350 g/mol. The lowest BCUT2D eigenvalue weighted by molar-refractivity contribution is -0.0229. The van der Waals surface area contributed by atoms with Crippen LogP contribution in [0, 0.1) is 5.41 Å². The number of hydrogen-bond donors (Lipinski definition) is 1. The summed E-state index contributed by atoms with van der Waals surface area (Å²) < 4.78 is 5.54. The van der Waals surface area contributed by atoms with Crippen LogP contribution in [0.25, 0.3) is 11.1 Å². The molecule has 1 unspecified atom stereocenters. The van der Waals surface area contributed by atoms with Crippen LogP contribution in [0.2, 0.25) is 0 Å². The van der Waals surface area contributed by atoms with Gasteiger partial charge in [-0.05, 0) is 66.8 Å². The highest BCUT2D eigenvalue weighted by molar-refractivity contribution is 5.94. The van der Waals surface area contributed by atoms with Gasteiger partial charge in [-0.2, -0.15) is 0 Å². The Bertz CT molecular complexity index is 799. The number of carbonyl (C=O) groups is 1. The molecule has 4 heteroatoms. The van der Waals surface area contributed by atoms with E-state index in [9.17, 15) is 9.90 Å². The van der Waals surface area contributed by atoms with Gasteiger partial charge in [-0.25, -0.2) is 0 Å². The molecule has 148 valence electrons. The molecule has 4 nitrogen and oxygen atoms in total. The van der Waals surface area contributed by atoms with Gasteiger partial charge in [-0.3, -0.25) is 4.79 Å². The van der Waals surface area contributed by atoms with Crippen LogP contribution >= 0.6 is 0 Å². The second-order valence-electron chi connectivity index (χ2n) is 8.32. The lowest BCUT2D eigenvalue weighted by Crippen LogP contribution is -2.48. The van der Waals surface area contributed by atoms with Crippen molar-refractivity contribution in [3.8, 4) is 11.1 Å². The molecular formula is C24H29NO3. The topological polar surface area (TPSA) is 49.8 Å². The summed E-state index contributed by atoms with van der Waals surface area (Å²) in [5, 5.41) is 9.65. The number of amides is 1. The fourth-order valence-electron chi connectivity index (χ4n) is 4.54. The Balaban J connectivity index is 1.46. The fourth-order valence-corrected chi connectivity index (χ4v) is 4.54. The van der Waals surface area contributed by atoms with E-state index >= 15 is 0 Å². The van der Waals surface area contributed by atoms with Gasteiger partial charge in [0.15, 0.2) is 0 Å². The maximum atomic E-state index is 13.1. The molecule has 1 atom stereocenters. The number of carbonyl (C=O) groups excluding carboxylic acids is 1. The third kappa shape index (κ3) is 3.98. The summed E-state index contributed by atoms with van der Waals surface area (Å²) in [5.41, 5.74) is 4.09. The molecule has 2 heterocycles. The minimum Gasteiger partial charge on any atom is -0.389 e. The molecule has 2 aromatic rings. The summed E-state index contributed by atoms with van der Waals surface area (Å²) in [6.07, 6.45) is 3.97. The lowest BCUT2D eigenvalue weighted by atomic mass is 9.74. The van der Waals surface area contributed by atoms with Crippen LogP contribution in [0.15, 0.2) is 48.5 Å². The minimum absolute atomic E-state index is 0.140. The van der Waals surface area contributed by atoms with Crippen molar-refractivity contribution in [2.45, 2.75) is 38.7 Å². The van der Waals surface area contributed by atoms with Crippen molar-refractivity contribution < 1.29 is 14.6 Å². The Labute approximate surface area is 167 Å². The van der Waals surface area contributed by atoms with Crippen molar-refractivity contribution in [1.82, 2.24) is 4.90 Å². The van der Waals surface area contributed by atoms with Crippen LogP contribution in [0.1, 0.15) is 54.6 Å². The average molecular weight is 380 g/mol. The third-order valence-corrected chi connectivity index (χ3v) is 6.36. The summed E-state index contributed by atoms with van der Waals surface area (Å²) in [6, 6.07) is 15.8. The zero-order chi connectivity index (χ0) is 19.6. The maximum absolute atomic E-state index is 13.1. The molecule has 2 saturated heterocycles. The lowest BCUT2D eigenvalue weighted by Gasteiger charge is -2.45. The molecule has 1 N–H and O–H groups in total. The Morgan fingerprint density at radius 1 is 1.00 bits per heavy atom. The highest BCUT2D eigenvalue weighted by Crippen LogP contribution is 2.39.